The van der Waals surface area contributed by atoms with Gasteiger partial charge in [0.05, 0.1) is 11.8 Å². The Bertz CT molecular complexity index is 1210. The fraction of sp³-hybridized carbons (Fsp3) is 0.269. The van der Waals surface area contributed by atoms with Gasteiger partial charge in [-0.25, -0.2) is 17.2 Å². The van der Waals surface area contributed by atoms with Crippen molar-refractivity contribution in [2.75, 3.05) is 32.4 Å². The lowest BCUT2D eigenvalue weighted by Crippen LogP contribution is -2.49. The molecule has 0 atom stereocenters. The molecule has 0 spiro atoms. The van der Waals surface area contributed by atoms with Crippen LogP contribution in [0.25, 0.3) is 0 Å². The summed E-state index contributed by atoms with van der Waals surface area (Å²) >= 11 is 0. The predicted octanol–water partition coefficient (Wildman–Crippen LogP) is 4.06. The second-order valence-electron chi connectivity index (χ2n) is 8.60. The summed E-state index contributed by atoms with van der Waals surface area (Å²) in [5.41, 5.74) is 2.82. The zero-order valence-electron chi connectivity index (χ0n) is 18.8. The minimum Gasteiger partial charge on any atom is -0.336 e. The zero-order chi connectivity index (χ0) is 24.3. The van der Waals surface area contributed by atoms with Crippen molar-refractivity contribution in [3.8, 4) is 0 Å². The quantitative estimate of drug-likeness (QED) is 0.530. The Kier molecular flexibility index (Phi) is 7.09. The number of sulfone groups is 1. The molecule has 0 radical (unpaired) electrons. The molecular formula is C26H26F2N2O3S. The summed E-state index contributed by atoms with van der Waals surface area (Å²) in [6.07, 6.45) is 1.17. The number of piperazine rings is 1. The maximum atomic E-state index is 13.5. The minimum atomic E-state index is -3.20. The highest BCUT2D eigenvalue weighted by Gasteiger charge is 2.29. The Balaban J connectivity index is 1.50. The van der Waals surface area contributed by atoms with Gasteiger partial charge in [0, 0.05) is 38.0 Å². The number of amides is 1. The van der Waals surface area contributed by atoms with Gasteiger partial charge in [0.25, 0.3) is 5.91 Å². The van der Waals surface area contributed by atoms with Crippen LogP contribution in [0.2, 0.25) is 0 Å². The van der Waals surface area contributed by atoms with Gasteiger partial charge in [-0.2, -0.15) is 0 Å². The lowest BCUT2D eigenvalue weighted by Gasteiger charge is -2.40. The maximum absolute atomic E-state index is 13.5. The molecule has 178 valence electrons. The van der Waals surface area contributed by atoms with Gasteiger partial charge in [-0.05, 0) is 53.1 Å². The number of carbonyl (C=O) groups excluding carboxylic acids is 1. The summed E-state index contributed by atoms with van der Waals surface area (Å²) in [7, 11) is -3.20. The molecule has 0 bridgehead atoms. The average Bonchev–Trinajstić information content (AvgIpc) is 2.81. The molecule has 0 saturated carbocycles. The molecule has 0 aliphatic carbocycles. The van der Waals surface area contributed by atoms with Crippen LogP contribution in [0.15, 0.2) is 72.8 Å². The summed E-state index contributed by atoms with van der Waals surface area (Å²) in [5, 5.41) is 0. The molecule has 1 amide bonds. The average molecular weight is 485 g/mol. The lowest BCUT2D eigenvalue weighted by atomic mass is 9.96. The van der Waals surface area contributed by atoms with Crippen molar-refractivity contribution >= 4 is 15.7 Å². The summed E-state index contributed by atoms with van der Waals surface area (Å²) in [6.45, 7) is 2.12. The number of rotatable bonds is 6. The van der Waals surface area contributed by atoms with Crippen LogP contribution in [0.3, 0.4) is 0 Å². The number of carbonyl (C=O) groups is 1. The molecule has 0 N–H and O–H groups in total. The molecule has 1 fully saturated rings. The van der Waals surface area contributed by atoms with Gasteiger partial charge in [0.2, 0.25) is 0 Å². The van der Waals surface area contributed by atoms with Crippen LogP contribution < -0.4 is 0 Å². The Morgan fingerprint density at radius 3 is 1.88 bits per heavy atom. The van der Waals surface area contributed by atoms with Gasteiger partial charge >= 0.3 is 0 Å². The summed E-state index contributed by atoms with van der Waals surface area (Å²) < 4.78 is 50.3. The SMILES string of the molecule is CS(=O)(=O)Cc1cccc(C(=O)N2CCN(C(c3ccc(F)cc3)c3ccc(F)cc3)CC2)c1. The van der Waals surface area contributed by atoms with Crippen LogP contribution in [0.5, 0.6) is 0 Å². The lowest BCUT2D eigenvalue weighted by molar-refractivity contribution is 0.0597. The van der Waals surface area contributed by atoms with Crippen molar-refractivity contribution in [3.05, 3.63) is 107 Å². The van der Waals surface area contributed by atoms with Gasteiger partial charge in [-0.3, -0.25) is 9.69 Å². The maximum Gasteiger partial charge on any atom is 0.253 e. The third-order valence-corrected chi connectivity index (χ3v) is 6.80. The van der Waals surface area contributed by atoms with Crippen molar-refractivity contribution in [2.45, 2.75) is 11.8 Å². The summed E-state index contributed by atoms with van der Waals surface area (Å²) in [6, 6.07) is 19.1. The highest BCUT2D eigenvalue weighted by Crippen LogP contribution is 2.30. The number of halogens is 2. The van der Waals surface area contributed by atoms with Crippen LogP contribution in [0.4, 0.5) is 8.78 Å². The largest absolute Gasteiger partial charge is 0.336 e. The number of nitrogens with zero attached hydrogens (tertiary/aromatic N) is 2. The van der Waals surface area contributed by atoms with E-state index in [-0.39, 0.29) is 29.3 Å². The van der Waals surface area contributed by atoms with Gasteiger partial charge in [0.1, 0.15) is 11.6 Å². The number of hydrogen-bond donors (Lipinski definition) is 0. The van der Waals surface area contributed by atoms with Crippen molar-refractivity contribution < 1.29 is 22.0 Å². The van der Waals surface area contributed by atoms with E-state index < -0.39 is 9.84 Å². The first-order chi connectivity index (χ1) is 16.2. The Hall–Kier alpha value is -3.10. The van der Waals surface area contributed by atoms with Crippen molar-refractivity contribution in [1.29, 1.82) is 0 Å². The molecule has 0 unspecified atom stereocenters. The van der Waals surface area contributed by atoms with Crippen LogP contribution in [0.1, 0.15) is 33.1 Å². The molecule has 8 heteroatoms. The van der Waals surface area contributed by atoms with Gasteiger partial charge in [-0.15, -0.1) is 0 Å². The normalized spacial score (nSPS) is 15.0. The Morgan fingerprint density at radius 2 is 1.38 bits per heavy atom. The fourth-order valence-corrected chi connectivity index (χ4v) is 5.15. The molecule has 0 aromatic heterocycles. The smallest absolute Gasteiger partial charge is 0.253 e. The zero-order valence-corrected chi connectivity index (χ0v) is 19.6. The standard InChI is InChI=1S/C26H26F2N2O3S/c1-34(32,33)18-19-3-2-4-22(17-19)26(31)30-15-13-29(14-16-30)25(20-5-9-23(27)10-6-20)21-7-11-24(28)12-8-21/h2-12,17,25H,13-16,18H2,1H3. The second kappa shape index (κ2) is 10.0. The van der Waals surface area contributed by atoms with E-state index in [1.54, 1.807) is 53.4 Å². The van der Waals surface area contributed by atoms with E-state index in [0.717, 1.165) is 11.1 Å². The highest BCUT2D eigenvalue weighted by atomic mass is 32.2. The molecule has 1 saturated heterocycles. The van der Waals surface area contributed by atoms with Crippen molar-refractivity contribution in [2.24, 2.45) is 0 Å². The van der Waals surface area contributed by atoms with Crippen molar-refractivity contribution in [1.82, 2.24) is 9.80 Å². The summed E-state index contributed by atoms with van der Waals surface area (Å²) in [4.78, 5) is 17.0. The van der Waals surface area contributed by atoms with E-state index in [1.807, 2.05) is 0 Å². The van der Waals surface area contributed by atoms with Crippen molar-refractivity contribution in [3.63, 3.8) is 0 Å². The Morgan fingerprint density at radius 1 is 0.853 bits per heavy atom. The second-order valence-corrected chi connectivity index (χ2v) is 10.7. The third kappa shape index (κ3) is 5.87. The fourth-order valence-electron chi connectivity index (χ4n) is 4.37. The van der Waals surface area contributed by atoms with E-state index in [4.69, 9.17) is 0 Å². The van der Waals surface area contributed by atoms with E-state index in [9.17, 15) is 22.0 Å². The number of benzene rings is 3. The van der Waals surface area contributed by atoms with Crippen LogP contribution in [-0.4, -0.2) is 56.6 Å². The highest BCUT2D eigenvalue weighted by molar-refractivity contribution is 7.89. The van der Waals surface area contributed by atoms with E-state index in [1.165, 1.54) is 30.5 Å². The molecule has 1 aliphatic heterocycles. The Labute approximate surface area is 198 Å². The van der Waals surface area contributed by atoms with E-state index in [0.29, 0.717) is 37.3 Å². The van der Waals surface area contributed by atoms with Crippen LogP contribution in [-0.2, 0) is 15.6 Å². The third-order valence-electron chi connectivity index (χ3n) is 5.94. The molecule has 1 aliphatic rings. The van der Waals surface area contributed by atoms with E-state index in [2.05, 4.69) is 4.90 Å². The molecule has 3 aromatic carbocycles. The summed E-state index contributed by atoms with van der Waals surface area (Å²) in [5.74, 6) is -0.904. The molecular weight excluding hydrogens is 458 g/mol. The van der Waals surface area contributed by atoms with Crippen LogP contribution >= 0.6 is 0 Å². The molecule has 3 aromatic rings. The van der Waals surface area contributed by atoms with E-state index >= 15 is 0 Å². The monoisotopic (exact) mass is 484 g/mol. The molecule has 34 heavy (non-hydrogen) atoms. The first-order valence-electron chi connectivity index (χ1n) is 11.0. The predicted molar refractivity (Wildman–Crippen MR) is 127 cm³/mol. The van der Waals surface area contributed by atoms with Gasteiger partial charge in [0.15, 0.2) is 9.84 Å². The molecule has 5 nitrogen and oxygen atoms in total. The topological polar surface area (TPSA) is 57.7 Å². The molecule has 1 heterocycles. The van der Waals surface area contributed by atoms with Gasteiger partial charge in [-0.1, -0.05) is 36.4 Å². The van der Waals surface area contributed by atoms with Crippen LogP contribution in [0, 0.1) is 11.6 Å². The first-order valence-corrected chi connectivity index (χ1v) is 13.1. The first kappa shape index (κ1) is 24.0. The molecule has 4 rings (SSSR count). The van der Waals surface area contributed by atoms with Gasteiger partial charge < -0.3 is 4.90 Å². The minimum absolute atomic E-state index is 0.112. The number of hydrogen-bond acceptors (Lipinski definition) is 4.